The van der Waals surface area contributed by atoms with Gasteiger partial charge in [-0.05, 0) is 26.2 Å². The highest BCUT2D eigenvalue weighted by Gasteiger charge is 2.42. The van der Waals surface area contributed by atoms with Crippen LogP contribution in [-0.2, 0) is 9.47 Å². The normalized spacial score (nSPS) is 24.8. The predicted molar refractivity (Wildman–Crippen MR) is 101 cm³/mol. The van der Waals surface area contributed by atoms with Gasteiger partial charge in [-0.15, -0.1) is 24.0 Å². The third-order valence-corrected chi connectivity index (χ3v) is 4.40. The van der Waals surface area contributed by atoms with Gasteiger partial charge in [0, 0.05) is 38.3 Å². The molecule has 0 aromatic heterocycles. The minimum absolute atomic E-state index is 0. The minimum Gasteiger partial charge on any atom is -0.381 e. The lowest BCUT2D eigenvalue weighted by Gasteiger charge is -2.24. The lowest BCUT2D eigenvalue weighted by Crippen LogP contribution is -2.41. The predicted octanol–water partition coefficient (Wildman–Crippen LogP) is 2.50. The lowest BCUT2D eigenvalue weighted by atomic mass is 9.87. The molecule has 2 fully saturated rings. The van der Waals surface area contributed by atoms with Crippen molar-refractivity contribution >= 4 is 29.9 Å². The Morgan fingerprint density at radius 3 is 2.86 bits per heavy atom. The van der Waals surface area contributed by atoms with Crippen molar-refractivity contribution in [3.63, 3.8) is 0 Å². The number of halogens is 1. The van der Waals surface area contributed by atoms with Gasteiger partial charge >= 0.3 is 0 Å². The molecule has 6 heteroatoms. The smallest absolute Gasteiger partial charge is 0.194 e. The Balaban J connectivity index is 0.00000242. The van der Waals surface area contributed by atoms with Crippen LogP contribution in [0.5, 0.6) is 0 Å². The number of guanidine groups is 1. The second-order valence-electron chi connectivity index (χ2n) is 6.18. The molecule has 0 amide bonds. The van der Waals surface area contributed by atoms with E-state index in [9.17, 15) is 0 Å². The van der Waals surface area contributed by atoms with Crippen molar-refractivity contribution in [2.75, 3.05) is 52.6 Å². The topological polar surface area (TPSA) is 46.1 Å². The van der Waals surface area contributed by atoms with Crippen LogP contribution in [0.4, 0.5) is 0 Å². The summed E-state index contributed by atoms with van der Waals surface area (Å²) in [6.45, 7) is 11.5. The fourth-order valence-electron chi connectivity index (χ4n) is 3.08. The summed E-state index contributed by atoms with van der Waals surface area (Å²) in [6.07, 6.45) is 4.75. The molecule has 1 spiro atoms. The van der Waals surface area contributed by atoms with Crippen molar-refractivity contribution in [2.45, 2.75) is 39.5 Å². The Morgan fingerprint density at radius 2 is 2.18 bits per heavy atom. The van der Waals surface area contributed by atoms with Crippen LogP contribution in [0.1, 0.15) is 39.5 Å². The van der Waals surface area contributed by atoms with E-state index in [-0.39, 0.29) is 24.0 Å². The summed E-state index contributed by atoms with van der Waals surface area (Å²) in [4.78, 5) is 7.11. The molecule has 2 rings (SSSR count). The third-order valence-electron chi connectivity index (χ3n) is 4.40. The van der Waals surface area contributed by atoms with Crippen molar-refractivity contribution < 1.29 is 9.47 Å². The van der Waals surface area contributed by atoms with Gasteiger partial charge in [0.2, 0.25) is 0 Å². The first-order valence-corrected chi connectivity index (χ1v) is 8.48. The fraction of sp³-hybridized carbons (Fsp3) is 0.938. The monoisotopic (exact) mass is 425 g/mol. The van der Waals surface area contributed by atoms with E-state index in [0.29, 0.717) is 5.41 Å². The molecule has 0 bridgehead atoms. The summed E-state index contributed by atoms with van der Waals surface area (Å²) in [6, 6.07) is 0. The molecule has 1 unspecified atom stereocenters. The van der Waals surface area contributed by atoms with E-state index < -0.39 is 0 Å². The molecule has 0 aliphatic carbocycles. The van der Waals surface area contributed by atoms with E-state index >= 15 is 0 Å². The molecule has 22 heavy (non-hydrogen) atoms. The molecule has 0 saturated carbocycles. The third kappa shape index (κ3) is 5.85. The molecule has 2 saturated heterocycles. The van der Waals surface area contributed by atoms with Crippen LogP contribution in [0.3, 0.4) is 0 Å². The summed E-state index contributed by atoms with van der Waals surface area (Å²) in [7, 11) is 0. The number of aliphatic imine (C=N–C) groups is 1. The SMILES string of the molecule is CCCCOCCN=C(NCC)N1CCC2(CCOC2)C1.I. The summed E-state index contributed by atoms with van der Waals surface area (Å²) < 4.78 is 11.2. The summed E-state index contributed by atoms with van der Waals surface area (Å²) in [5.74, 6) is 1.04. The van der Waals surface area contributed by atoms with Gasteiger partial charge < -0.3 is 19.7 Å². The molecule has 0 radical (unpaired) electrons. The van der Waals surface area contributed by atoms with E-state index in [1.807, 2.05) is 0 Å². The molecule has 0 aromatic carbocycles. The maximum Gasteiger partial charge on any atom is 0.194 e. The zero-order chi connectivity index (χ0) is 15.0. The van der Waals surface area contributed by atoms with Crippen LogP contribution < -0.4 is 5.32 Å². The highest BCUT2D eigenvalue weighted by molar-refractivity contribution is 14.0. The van der Waals surface area contributed by atoms with Crippen LogP contribution >= 0.6 is 24.0 Å². The molecule has 0 aromatic rings. The van der Waals surface area contributed by atoms with Gasteiger partial charge in [-0.3, -0.25) is 4.99 Å². The summed E-state index contributed by atoms with van der Waals surface area (Å²) in [5.41, 5.74) is 0.383. The number of unbranched alkanes of at least 4 members (excludes halogenated alkanes) is 1. The van der Waals surface area contributed by atoms with Gasteiger partial charge in [0.25, 0.3) is 0 Å². The first kappa shape index (κ1) is 20.0. The van der Waals surface area contributed by atoms with Crippen LogP contribution in [-0.4, -0.2) is 63.5 Å². The molecule has 1 atom stereocenters. The first-order valence-electron chi connectivity index (χ1n) is 8.48. The quantitative estimate of drug-likeness (QED) is 0.295. The highest BCUT2D eigenvalue weighted by Crippen LogP contribution is 2.38. The number of ether oxygens (including phenoxy) is 2. The Hall–Kier alpha value is -0.0800. The van der Waals surface area contributed by atoms with Crippen molar-refractivity contribution in [3.8, 4) is 0 Å². The molecule has 2 aliphatic heterocycles. The van der Waals surface area contributed by atoms with Crippen molar-refractivity contribution in [1.82, 2.24) is 10.2 Å². The van der Waals surface area contributed by atoms with Crippen LogP contribution in [0.2, 0.25) is 0 Å². The van der Waals surface area contributed by atoms with Crippen LogP contribution in [0.15, 0.2) is 4.99 Å². The maximum atomic E-state index is 5.60. The van der Waals surface area contributed by atoms with Crippen LogP contribution in [0.25, 0.3) is 0 Å². The molecule has 1 N–H and O–H groups in total. The minimum atomic E-state index is 0. The van der Waals surface area contributed by atoms with Gasteiger partial charge in [-0.25, -0.2) is 0 Å². The highest BCUT2D eigenvalue weighted by atomic mass is 127. The lowest BCUT2D eigenvalue weighted by molar-refractivity contribution is 0.138. The van der Waals surface area contributed by atoms with E-state index in [4.69, 9.17) is 14.5 Å². The molecular formula is C16H32IN3O2. The average molecular weight is 425 g/mol. The number of hydrogen-bond donors (Lipinski definition) is 1. The fourth-order valence-corrected chi connectivity index (χ4v) is 3.08. The summed E-state index contributed by atoms with van der Waals surface area (Å²) >= 11 is 0. The Bertz CT molecular complexity index is 333. The molecule has 2 heterocycles. The summed E-state index contributed by atoms with van der Waals surface area (Å²) in [5, 5.41) is 3.41. The maximum absolute atomic E-state index is 5.60. The molecule has 2 aliphatic rings. The second-order valence-corrected chi connectivity index (χ2v) is 6.18. The standard InChI is InChI=1S/C16H31N3O2.HI/c1-3-5-10-20-12-8-18-15(17-4-2)19-9-6-16(13-19)7-11-21-14-16;/h3-14H2,1-2H3,(H,17,18);1H. The van der Waals surface area contributed by atoms with Crippen molar-refractivity contribution in [3.05, 3.63) is 0 Å². The Kier molecular flexibility index (Phi) is 9.66. The average Bonchev–Trinajstić information content (AvgIpc) is 3.12. The molecule has 5 nitrogen and oxygen atoms in total. The van der Waals surface area contributed by atoms with E-state index in [1.165, 1.54) is 19.3 Å². The largest absolute Gasteiger partial charge is 0.381 e. The number of nitrogens with zero attached hydrogens (tertiary/aromatic N) is 2. The number of hydrogen-bond acceptors (Lipinski definition) is 3. The Labute approximate surface area is 152 Å². The van der Waals surface area contributed by atoms with Gasteiger partial charge in [0.15, 0.2) is 5.96 Å². The number of rotatable bonds is 7. The van der Waals surface area contributed by atoms with Gasteiger partial charge in [-0.2, -0.15) is 0 Å². The van der Waals surface area contributed by atoms with Gasteiger partial charge in [-0.1, -0.05) is 13.3 Å². The zero-order valence-electron chi connectivity index (χ0n) is 14.1. The Morgan fingerprint density at radius 1 is 1.32 bits per heavy atom. The first-order chi connectivity index (χ1) is 10.3. The second kappa shape index (κ2) is 10.6. The van der Waals surface area contributed by atoms with E-state index in [0.717, 1.165) is 65.0 Å². The van der Waals surface area contributed by atoms with E-state index in [1.54, 1.807) is 0 Å². The van der Waals surface area contributed by atoms with Gasteiger partial charge in [0.05, 0.1) is 19.8 Å². The number of likely N-dealkylation sites (tertiary alicyclic amines) is 1. The van der Waals surface area contributed by atoms with Crippen molar-refractivity contribution in [1.29, 1.82) is 0 Å². The molecule has 130 valence electrons. The zero-order valence-corrected chi connectivity index (χ0v) is 16.4. The molecular weight excluding hydrogens is 393 g/mol. The van der Waals surface area contributed by atoms with Gasteiger partial charge in [0.1, 0.15) is 0 Å². The van der Waals surface area contributed by atoms with E-state index in [2.05, 4.69) is 24.1 Å². The van der Waals surface area contributed by atoms with Crippen molar-refractivity contribution in [2.24, 2.45) is 10.4 Å². The number of nitrogens with one attached hydrogen (secondary N) is 1. The van der Waals surface area contributed by atoms with Crippen LogP contribution in [0, 0.1) is 5.41 Å².